The van der Waals surface area contributed by atoms with Crippen LogP contribution >= 0.6 is 0 Å². The van der Waals surface area contributed by atoms with Crippen molar-refractivity contribution >= 4 is 11.9 Å². The molecule has 1 aliphatic heterocycles. The van der Waals surface area contributed by atoms with E-state index in [1.165, 1.54) is 6.07 Å². The Labute approximate surface area is 173 Å². The van der Waals surface area contributed by atoms with Crippen LogP contribution in [0.2, 0.25) is 0 Å². The summed E-state index contributed by atoms with van der Waals surface area (Å²) in [4.78, 5) is 21.4. The molecule has 6 nitrogen and oxygen atoms in total. The largest absolute Gasteiger partial charge is 0.357 e. The molecule has 1 heterocycles. The quantitative estimate of drug-likeness (QED) is 0.540. The fourth-order valence-electron chi connectivity index (χ4n) is 3.85. The first kappa shape index (κ1) is 21.6. The summed E-state index contributed by atoms with van der Waals surface area (Å²) < 4.78 is 13.6. The number of aliphatic imine (C=N–C) groups is 1. The van der Waals surface area contributed by atoms with Gasteiger partial charge in [0, 0.05) is 44.2 Å². The molecule has 0 aromatic heterocycles. The van der Waals surface area contributed by atoms with Gasteiger partial charge in [-0.05, 0) is 51.3 Å². The molecule has 1 saturated carbocycles. The molecule has 7 heteroatoms. The number of carbonyl (C=O) groups excluding carboxylic acids is 1. The number of hydrogen-bond acceptors (Lipinski definition) is 3. The molecule has 2 N–H and O–H groups in total. The topological polar surface area (TPSA) is 60.0 Å². The van der Waals surface area contributed by atoms with Gasteiger partial charge in [-0.3, -0.25) is 14.7 Å². The maximum atomic E-state index is 13.6. The number of carbonyl (C=O) groups is 1. The Morgan fingerprint density at radius 1 is 1.24 bits per heavy atom. The van der Waals surface area contributed by atoms with Crippen molar-refractivity contribution in [3.8, 4) is 0 Å². The van der Waals surface area contributed by atoms with E-state index in [0.717, 1.165) is 57.1 Å². The third-order valence-corrected chi connectivity index (χ3v) is 5.65. The van der Waals surface area contributed by atoms with E-state index in [-0.39, 0.29) is 23.2 Å². The lowest BCUT2D eigenvalue weighted by molar-refractivity contribution is -0.123. The first-order valence-electron chi connectivity index (χ1n) is 10.7. The Balaban J connectivity index is 1.57. The molecule has 0 spiro atoms. The highest BCUT2D eigenvalue weighted by molar-refractivity contribution is 5.80. The number of piperazine rings is 1. The predicted molar refractivity (Wildman–Crippen MR) is 115 cm³/mol. The van der Waals surface area contributed by atoms with Crippen molar-refractivity contribution in [2.45, 2.75) is 45.1 Å². The monoisotopic (exact) mass is 403 g/mol. The van der Waals surface area contributed by atoms with Crippen LogP contribution in [-0.4, -0.2) is 73.5 Å². The molecular weight excluding hydrogens is 369 g/mol. The maximum absolute atomic E-state index is 13.6. The van der Waals surface area contributed by atoms with Crippen molar-refractivity contribution in [3.63, 3.8) is 0 Å². The van der Waals surface area contributed by atoms with E-state index in [1.54, 1.807) is 12.1 Å². The first-order valence-corrected chi connectivity index (χ1v) is 10.7. The van der Waals surface area contributed by atoms with Crippen LogP contribution in [0.1, 0.15) is 39.2 Å². The van der Waals surface area contributed by atoms with Gasteiger partial charge in [0.1, 0.15) is 5.82 Å². The molecule has 160 valence electrons. The summed E-state index contributed by atoms with van der Waals surface area (Å²) in [6, 6.07) is 7.11. The van der Waals surface area contributed by atoms with Gasteiger partial charge in [0.15, 0.2) is 5.96 Å². The Kier molecular flexibility index (Phi) is 7.11. The Morgan fingerprint density at radius 3 is 2.55 bits per heavy atom. The van der Waals surface area contributed by atoms with Crippen molar-refractivity contribution in [2.75, 3.05) is 45.8 Å². The van der Waals surface area contributed by atoms with E-state index < -0.39 is 0 Å². The predicted octanol–water partition coefficient (Wildman–Crippen LogP) is 1.97. The lowest BCUT2D eigenvalue weighted by atomic mass is 9.96. The number of benzene rings is 1. The van der Waals surface area contributed by atoms with Crippen molar-refractivity contribution in [1.29, 1.82) is 0 Å². The molecule has 1 aliphatic carbocycles. The highest BCUT2D eigenvalue weighted by Crippen LogP contribution is 2.48. The van der Waals surface area contributed by atoms with E-state index in [1.807, 2.05) is 19.9 Å². The third kappa shape index (κ3) is 5.92. The van der Waals surface area contributed by atoms with Crippen molar-refractivity contribution in [1.82, 2.24) is 20.4 Å². The second-order valence-electron chi connectivity index (χ2n) is 8.45. The zero-order valence-electron chi connectivity index (χ0n) is 17.9. The van der Waals surface area contributed by atoms with Gasteiger partial charge < -0.3 is 15.5 Å². The van der Waals surface area contributed by atoms with E-state index in [9.17, 15) is 9.18 Å². The lowest BCUT2D eigenvalue weighted by Gasteiger charge is -2.36. The van der Waals surface area contributed by atoms with Gasteiger partial charge >= 0.3 is 0 Å². The third-order valence-electron chi connectivity index (χ3n) is 5.65. The van der Waals surface area contributed by atoms with Crippen LogP contribution in [0.3, 0.4) is 0 Å². The van der Waals surface area contributed by atoms with E-state index >= 15 is 0 Å². The van der Waals surface area contributed by atoms with Crippen LogP contribution in [-0.2, 0) is 10.2 Å². The molecule has 3 rings (SSSR count). The minimum atomic E-state index is -0.178. The average Bonchev–Trinajstić information content (AvgIpc) is 3.46. The molecule has 0 atom stereocenters. The van der Waals surface area contributed by atoms with Gasteiger partial charge in [-0.2, -0.15) is 0 Å². The highest BCUT2D eigenvalue weighted by Gasteiger charge is 2.44. The Bertz CT molecular complexity index is 724. The second kappa shape index (κ2) is 9.57. The van der Waals surface area contributed by atoms with Gasteiger partial charge in [-0.1, -0.05) is 12.1 Å². The first-order chi connectivity index (χ1) is 13.9. The standard InChI is InChI=1S/C22H34FN5O/c1-4-24-21(25-16-22(8-9-22)18-6-5-7-19(23)14-18)28-12-10-27(11-13-28)15-20(29)26-17(2)3/h5-7,14,17H,4,8-13,15-16H2,1-3H3,(H,24,25)(H,26,29). The second-order valence-corrected chi connectivity index (χ2v) is 8.45. The number of amides is 1. The van der Waals surface area contributed by atoms with Crippen molar-refractivity contribution in [3.05, 3.63) is 35.6 Å². The molecule has 29 heavy (non-hydrogen) atoms. The molecule has 0 bridgehead atoms. The Morgan fingerprint density at radius 2 is 1.97 bits per heavy atom. The van der Waals surface area contributed by atoms with Crippen LogP contribution in [0.15, 0.2) is 29.3 Å². The van der Waals surface area contributed by atoms with Crippen molar-refractivity contribution in [2.24, 2.45) is 4.99 Å². The van der Waals surface area contributed by atoms with E-state index in [4.69, 9.17) is 4.99 Å². The zero-order chi connectivity index (χ0) is 20.9. The van der Waals surface area contributed by atoms with E-state index in [0.29, 0.717) is 13.1 Å². The minimum absolute atomic E-state index is 0.0144. The minimum Gasteiger partial charge on any atom is -0.357 e. The highest BCUT2D eigenvalue weighted by atomic mass is 19.1. The zero-order valence-corrected chi connectivity index (χ0v) is 17.9. The van der Waals surface area contributed by atoms with Crippen LogP contribution in [0.5, 0.6) is 0 Å². The molecule has 2 aliphatic rings. The summed E-state index contributed by atoms with van der Waals surface area (Å²) >= 11 is 0. The smallest absolute Gasteiger partial charge is 0.234 e. The van der Waals surface area contributed by atoms with Crippen LogP contribution in [0, 0.1) is 5.82 Å². The summed E-state index contributed by atoms with van der Waals surface area (Å²) in [5.41, 5.74) is 1.04. The van der Waals surface area contributed by atoms with Crippen LogP contribution < -0.4 is 10.6 Å². The summed E-state index contributed by atoms with van der Waals surface area (Å²) in [6.07, 6.45) is 2.11. The number of rotatable bonds is 7. The summed E-state index contributed by atoms with van der Waals surface area (Å²) in [7, 11) is 0. The molecule has 1 saturated heterocycles. The summed E-state index contributed by atoms with van der Waals surface area (Å²) in [5, 5.41) is 6.35. The fourth-order valence-corrected chi connectivity index (χ4v) is 3.85. The fraction of sp³-hybridized carbons (Fsp3) is 0.636. The molecule has 1 aromatic carbocycles. The molecule has 1 aromatic rings. The number of nitrogens with one attached hydrogen (secondary N) is 2. The molecule has 1 amide bonds. The van der Waals surface area contributed by atoms with Gasteiger partial charge in [0.2, 0.25) is 5.91 Å². The van der Waals surface area contributed by atoms with Crippen LogP contribution in [0.25, 0.3) is 0 Å². The number of halogens is 1. The number of hydrogen-bond donors (Lipinski definition) is 2. The molecular formula is C22H34FN5O. The molecule has 2 fully saturated rings. The van der Waals surface area contributed by atoms with Gasteiger partial charge in [0.05, 0.1) is 13.1 Å². The summed E-state index contributed by atoms with van der Waals surface area (Å²) in [5.74, 6) is 0.823. The van der Waals surface area contributed by atoms with Gasteiger partial charge in [-0.25, -0.2) is 4.39 Å². The number of nitrogens with zero attached hydrogens (tertiary/aromatic N) is 3. The van der Waals surface area contributed by atoms with Crippen molar-refractivity contribution < 1.29 is 9.18 Å². The molecule has 0 unspecified atom stereocenters. The summed E-state index contributed by atoms with van der Waals surface area (Å²) in [6.45, 7) is 11.3. The van der Waals surface area contributed by atoms with Crippen LogP contribution in [0.4, 0.5) is 4.39 Å². The maximum Gasteiger partial charge on any atom is 0.234 e. The van der Waals surface area contributed by atoms with Gasteiger partial charge in [0.25, 0.3) is 0 Å². The molecule has 0 radical (unpaired) electrons. The SMILES string of the molecule is CCNC(=NCC1(c2cccc(F)c2)CC1)N1CCN(CC(=O)NC(C)C)CC1. The Hall–Kier alpha value is -2.15. The van der Waals surface area contributed by atoms with Gasteiger partial charge in [-0.15, -0.1) is 0 Å². The normalized spacial score (nSPS) is 19.3. The number of guanidine groups is 1. The van der Waals surface area contributed by atoms with E-state index in [2.05, 4.69) is 27.4 Å². The average molecular weight is 404 g/mol. The lowest BCUT2D eigenvalue weighted by Crippen LogP contribution is -2.54.